The van der Waals surface area contributed by atoms with Crippen LogP contribution >= 0.6 is 0 Å². The Labute approximate surface area is 130 Å². The van der Waals surface area contributed by atoms with Crippen LogP contribution in [0, 0.1) is 0 Å². The number of alkyl halides is 3. The van der Waals surface area contributed by atoms with Crippen molar-refractivity contribution in [2.75, 3.05) is 0 Å². The third-order valence-electron chi connectivity index (χ3n) is 3.69. The Morgan fingerprint density at radius 3 is 2.43 bits per heavy atom. The molecular weight excluding hydrogens is 311 g/mol. The molecule has 2 heterocycles. The molecule has 5 nitrogen and oxygen atoms in total. The highest BCUT2D eigenvalue weighted by atomic mass is 19.4. The molecule has 1 unspecified atom stereocenters. The maximum absolute atomic E-state index is 12.7. The second-order valence-corrected chi connectivity index (χ2v) is 5.20. The molecule has 0 spiro atoms. The van der Waals surface area contributed by atoms with Crippen molar-refractivity contribution < 1.29 is 23.1 Å². The predicted molar refractivity (Wildman–Crippen MR) is 76.6 cm³/mol. The van der Waals surface area contributed by atoms with E-state index in [0.29, 0.717) is 12.1 Å². The Morgan fingerprint density at radius 2 is 1.87 bits per heavy atom. The molecule has 1 aliphatic rings. The summed E-state index contributed by atoms with van der Waals surface area (Å²) in [7, 11) is 0. The monoisotopic (exact) mass is 325 g/mol. The molecule has 8 heteroatoms. The standard InChI is InChI=1S/C15H14F3N3O2/c1-2-21-13(7-8-19-21)11-5-3-10(4-6-11)12-9-14(22,23-20-12)15(16,17)18/h3-8,22H,2,9H2,1H3. The minimum absolute atomic E-state index is 0.0559. The van der Waals surface area contributed by atoms with Crippen molar-refractivity contribution in [3.63, 3.8) is 0 Å². The molecule has 0 aliphatic carbocycles. The van der Waals surface area contributed by atoms with Crippen LogP contribution in [0.4, 0.5) is 13.2 Å². The first-order valence-corrected chi connectivity index (χ1v) is 7.01. The number of halogens is 3. The van der Waals surface area contributed by atoms with E-state index in [4.69, 9.17) is 0 Å². The lowest BCUT2D eigenvalue weighted by molar-refractivity contribution is -0.355. The molecule has 23 heavy (non-hydrogen) atoms. The van der Waals surface area contributed by atoms with Gasteiger partial charge in [0.05, 0.1) is 17.8 Å². The third kappa shape index (κ3) is 2.70. The molecule has 3 rings (SSSR count). The van der Waals surface area contributed by atoms with Crippen molar-refractivity contribution in [2.45, 2.75) is 31.9 Å². The summed E-state index contributed by atoms with van der Waals surface area (Å²) in [6, 6.07) is 8.69. The zero-order chi connectivity index (χ0) is 16.7. The highest BCUT2D eigenvalue weighted by Crippen LogP contribution is 2.39. The van der Waals surface area contributed by atoms with Crippen molar-refractivity contribution in [1.82, 2.24) is 9.78 Å². The number of benzene rings is 1. The molecule has 0 saturated carbocycles. The molecule has 0 bridgehead atoms. The number of aliphatic hydroxyl groups is 1. The van der Waals surface area contributed by atoms with Gasteiger partial charge in [0.2, 0.25) is 0 Å². The summed E-state index contributed by atoms with van der Waals surface area (Å²) in [5, 5.41) is 17.0. The molecule has 2 aromatic rings. The Balaban J connectivity index is 1.82. The van der Waals surface area contributed by atoms with Gasteiger partial charge in [0.25, 0.3) is 0 Å². The van der Waals surface area contributed by atoms with Crippen molar-refractivity contribution in [1.29, 1.82) is 0 Å². The molecular formula is C15H14F3N3O2. The minimum atomic E-state index is -4.90. The molecule has 0 saturated heterocycles. The van der Waals surface area contributed by atoms with Crippen LogP contribution < -0.4 is 0 Å². The second-order valence-electron chi connectivity index (χ2n) is 5.20. The lowest BCUT2D eigenvalue weighted by atomic mass is 10.0. The Bertz CT molecular complexity index is 737. The van der Waals surface area contributed by atoms with Gasteiger partial charge in [-0.25, -0.2) is 0 Å². The predicted octanol–water partition coefficient (Wildman–Crippen LogP) is 2.95. The van der Waals surface area contributed by atoms with Crippen molar-refractivity contribution in [2.24, 2.45) is 5.16 Å². The van der Waals surface area contributed by atoms with E-state index >= 15 is 0 Å². The van der Waals surface area contributed by atoms with Gasteiger partial charge < -0.3 is 9.94 Å². The van der Waals surface area contributed by atoms with E-state index in [9.17, 15) is 18.3 Å². The first-order valence-electron chi connectivity index (χ1n) is 7.01. The first kappa shape index (κ1) is 15.5. The van der Waals surface area contributed by atoms with E-state index < -0.39 is 18.4 Å². The summed E-state index contributed by atoms with van der Waals surface area (Å²) >= 11 is 0. The summed E-state index contributed by atoms with van der Waals surface area (Å²) in [6.45, 7) is 2.68. The van der Waals surface area contributed by atoms with Crippen molar-refractivity contribution in [3.05, 3.63) is 42.1 Å². The van der Waals surface area contributed by atoms with Crippen molar-refractivity contribution in [3.8, 4) is 11.3 Å². The maximum Gasteiger partial charge on any atom is 0.458 e. The van der Waals surface area contributed by atoms with Crippen LogP contribution in [0.2, 0.25) is 0 Å². The maximum atomic E-state index is 12.7. The fourth-order valence-electron chi connectivity index (χ4n) is 2.39. The van der Waals surface area contributed by atoms with E-state index in [2.05, 4.69) is 15.1 Å². The summed E-state index contributed by atoms with van der Waals surface area (Å²) in [5.41, 5.74) is 2.33. The van der Waals surface area contributed by atoms with Crippen molar-refractivity contribution >= 4 is 5.71 Å². The van der Waals surface area contributed by atoms with Gasteiger partial charge in [-0.1, -0.05) is 29.4 Å². The van der Waals surface area contributed by atoms with E-state index in [1.165, 1.54) is 0 Å². The summed E-state index contributed by atoms with van der Waals surface area (Å²) in [4.78, 5) is 4.22. The quantitative estimate of drug-likeness (QED) is 0.944. The van der Waals surface area contributed by atoms with Gasteiger partial charge in [-0.05, 0) is 24.1 Å². The summed E-state index contributed by atoms with van der Waals surface area (Å²) < 4.78 is 39.9. The molecule has 0 fully saturated rings. The highest BCUT2D eigenvalue weighted by molar-refractivity contribution is 6.01. The van der Waals surface area contributed by atoms with Crippen LogP contribution in [-0.4, -0.2) is 32.6 Å². The third-order valence-corrected chi connectivity index (χ3v) is 3.69. The number of aromatic nitrogens is 2. The lowest BCUT2D eigenvalue weighted by Gasteiger charge is -2.22. The number of aryl methyl sites for hydroxylation is 1. The highest BCUT2D eigenvalue weighted by Gasteiger charge is 2.60. The fourth-order valence-corrected chi connectivity index (χ4v) is 2.39. The zero-order valence-electron chi connectivity index (χ0n) is 12.2. The average Bonchev–Trinajstić information content (AvgIpc) is 3.14. The normalized spacial score (nSPS) is 21.2. The largest absolute Gasteiger partial charge is 0.458 e. The van der Waals surface area contributed by atoms with Gasteiger partial charge >= 0.3 is 12.0 Å². The molecule has 1 aromatic heterocycles. The van der Waals surface area contributed by atoms with Gasteiger partial charge in [0.15, 0.2) is 0 Å². The molecule has 1 atom stereocenters. The second kappa shape index (κ2) is 5.38. The smallest absolute Gasteiger partial charge is 0.350 e. The van der Waals surface area contributed by atoms with Gasteiger partial charge in [-0.3, -0.25) is 4.68 Å². The van der Waals surface area contributed by atoms with Gasteiger partial charge in [0, 0.05) is 12.7 Å². The Hall–Kier alpha value is -2.35. The van der Waals surface area contributed by atoms with Crippen LogP contribution in [0.25, 0.3) is 11.3 Å². The van der Waals surface area contributed by atoms with E-state index in [0.717, 1.165) is 11.3 Å². The number of nitrogens with zero attached hydrogens (tertiary/aromatic N) is 3. The number of hydrogen-bond donors (Lipinski definition) is 1. The van der Waals surface area contributed by atoms with Crippen LogP contribution in [0.1, 0.15) is 18.9 Å². The van der Waals surface area contributed by atoms with Crippen LogP contribution in [0.3, 0.4) is 0 Å². The fraction of sp³-hybridized carbons (Fsp3) is 0.333. The number of hydrogen-bond acceptors (Lipinski definition) is 4. The van der Waals surface area contributed by atoms with Crippen LogP contribution in [0.5, 0.6) is 0 Å². The van der Waals surface area contributed by atoms with Gasteiger partial charge in [-0.15, -0.1) is 0 Å². The summed E-state index contributed by atoms with van der Waals surface area (Å²) in [6.07, 6.45) is -3.94. The Kier molecular flexibility index (Phi) is 3.63. The van der Waals surface area contributed by atoms with Gasteiger partial charge in [0.1, 0.15) is 0 Å². The number of oxime groups is 1. The molecule has 122 valence electrons. The number of rotatable bonds is 3. The molecule has 0 amide bonds. The molecule has 1 aliphatic heterocycles. The van der Waals surface area contributed by atoms with Crippen LogP contribution in [0.15, 0.2) is 41.7 Å². The topological polar surface area (TPSA) is 59.6 Å². The summed E-state index contributed by atoms with van der Waals surface area (Å²) in [5.74, 6) is -3.25. The SMILES string of the molecule is CCn1nccc1-c1ccc(C2=NOC(O)(C(F)(F)F)C2)cc1. The zero-order valence-corrected chi connectivity index (χ0v) is 12.2. The van der Waals surface area contributed by atoms with E-state index in [1.54, 1.807) is 30.5 Å². The average molecular weight is 325 g/mol. The first-order chi connectivity index (χ1) is 10.8. The molecule has 0 radical (unpaired) electrons. The lowest BCUT2D eigenvalue weighted by Crippen LogP contribution is -2.45. The Morgan fingerprint density at radius 1 is 1.22 bits per heavy atom. The minimum Gasteiger partial charge on any atom is -0.350 e. The molecule has 1 N–H and O–H groups in total. The van der Waals surface area contributed by atoms with Gasteiger partial charge in [-0.2, -0.15) is 18.3 Å². The van der Waals surface area contributed by atoms with E-state index in [-0.39, 0.29) is 5.71 Å². The van der Waals surface area contributed by atoms with Crippen LogP contribution in [-0.2, 0) is 11.4 Å². The van der Waals surface area contributed by atoms with E-state index in [1.807, 2.05) is 17.7 Å². The molecule has 1 aromatic carbocycles.